The van der Waals surface area contributed by atoms with Crippen LogP contribution >= 0.6 is 0 Å². The Morgan fingerprint density at radius 3 is 2.86 bits per heavy atom. The van der Waals surface area contributed by atoms with Crippen molar-refractivity contribution in [1.82, 2.24) is 25.4 Å². The quantitative estimate of drug-likeness (QED) is 0.766. The Bertz CT molecular complexity index is 569. The number of amides is 2. The minimum absolute atomic E-state index is 0.187. The Morgan fingerprint density at radius 2 is 2.18 bits per heavy atom. The molecule has 1 saturated carbocycles. The van der Waals surface area contributed by atoms with Crippen molar-refractivity contribution in [2.24, 2.45) is 11.8 Å². The fourth-order valence-electron chi connectivity index (χ4n) is 2.88. The van der Waals surface area contributed by atoms with E-state index in [-0.39, 0.29) is 25.0 Å². The number of likely N-dealkylation sites (tertiary alicyclic amines) is 1. The van der Waals surface area contributed by atoms with Crippen molar-refractivity contribution in [2.75, 3.05) is 13.1 Å². The number of nitrogens with one attached hydrogen (secondary N) is 2. The number of H-pyrrole nitrogens is 1. The van der Waals surface area contributed by atoms with Gasteiger partial charge in [-0.2, -0.15) is 5.10 Å². The van der Waals surface area contributed by atoms with Crippen LogP contribution in [0, 0.1) is 11.8 Å². The van der Waals surface area contributed by atoms with E-state index in [1.807, 2.05) is 6.92 Å². The van der Waals surface area contributed by atoms with Gasteiger partial charge in [-0.05, 0) is 25.2 Å². The molecule has 2 amide bonds. The number of carboxylic acids is 1. The van der Waals surface area contributed by atoms with Crippen molar-refractivity contribution in [3.8, 4) is 0 Å². The molecule has 1 aromatic heterocycles. The molecular formula is C14H21N5O3. The standard InChI is InChI=1S/C14H21N5O3/c1-8-4-10(13(20)21)7-19(6-8)14(22)15-5-11-16-12(18-17-11)9-2-3-9/h8-10H,2-7H2,1H3,(H,15,22)(H,20,21)(H,16,17,18). The first kappa shape index (κ1) is 14.8. The predicted octanol–water partition coefficient (Wildman–Crippen LogP) is 0.934. The number of piperidine rings is 1. The van der Waals surface area contributed by atoms with Gasteiger partial charge in [0.2, 0.25) is 0 Å². The molecule has 1 saturated heterocycles. The lowest BCUT2D eigenvalue weighted by Gasteiger charge is -2.34. The summed E-state index contributed by atoms with van der Waals surface area (Å²) in [4.78, 5) is 29.3. The smallest absolute Gasteiger partial charge is 0.317 e. The third kappa shape index (κ3) is 3.37. The molecule has 22 heavy (non-hydrogen) atoms. The lowest BCUT2D eigenvalue weighted by Crippen LogP contribution is -2.49. The van der Waals surface area contributed by atoms with E-state index in [0.29, 0.717) is 24.7 Å². The molecule has 2 heterocycles. The summed E-state index contributed by atoms with van der Waals surface area (Å²) in [6.07, 6.45) is 2.88. The van der Waals surface area contributed by atoms with Gasteiger partial charge in [0.05, 0.1) is 12.5 Å². The third-order valence-corrected chi connectivity index (χ3v) is 4.19. The molecule has 3 N–H and O–H groups in total. The van der Waals surface area contributed by atoms with Gasteiger partial charge in [-0.25, -0.2) is 9.78 Å². The molecular weight excluding hydrogens is 286 g/mol. The lowest BCUT2D eigenvalue weighted by atomic mass is 9.91. The number of hydrogen-bond acceptors (Lipinski definition) is 4. The Labute approximate surface area is 128 Å². The number of aromatic nitrogens is 3. The molecule has 8 heteroatoms. The lowest BCUT2D eigenvalue weighted by molar-refractivity contribution is -0.143. The number of urea groups is 1. The summed E-state index contributed by atoms with van der Waals surface area (Å²) in [5.74, 6) is 0.791. The van der Waals surface area contributed by atoms with Gasteiger partial charge in [-0.3, -0.25) is 9.89 Å². The van der Waals surface area contributed by atoms with Crippen LogP contribution in [0.2, 0.25) is 0 Å². The van der Waals surface area contributed by atoms with Crippen LogP contribution in [-0.4, -0.2) is 50.3 Å². The summed E-state index contributed by atoms with van der Waals surface area (Å²) in [6.45, 7) is 3.09. The highest BCUT2D eigenvalue weighted by Gasteiger charge is 2.32. The van der Waals surface area contributed by atoms with Crippen molar-refractivity contribution < 1.29 is 14.7 Å². The van der Waals surface area contributed by atoms with E-state index in [9.17, 15) is 9.59 Å². The molecule has 2 atom stereocenters. The second-order valence-corrected chi connectivity index (χ2v) is 6.35. The highest BCUT2D eigenvalue weighted by atomic mass is 16.4. The van der Waals surface area contributed by atoms with Crippen molar-refractivity contribution in [2.45, 2.75) is 38.6 Å². The molecule has 2 unspecified atom stereocenters. The van der Waals surface area contributed by atoms with Crippen LogP contribution < -0.4 is 5.32 Å². The molecule has 1 aromatic rings. The van der Waals surface area contributed by atoms with Gasteiger partial charge in [-0.15, -0.1) is 0 Å². The van der Waals surface area contributed by atoms with Crippen LogP contribution in [0.3, 0.4) is 0 Å². The highest BCUT2D eigenvalue weighted by molar-refractivity contribution is 5.76. The molecule has 2 fully saturated rings. The maximum atomic E-state index is 12.2. The van der Waals surface area contributed by atoms with Crippen LogP contribution in [0.25, 0.3) is 0 Å². The second kappa shape index (κ2) is 5.94. The van der Waals surface area contributed by atoms with E-state index in [2.05, 4.69) is 20.5 Å². The first-order chi connectivity index (χ1) is 10.5. The molecule has 120 valence electrons. The van der Waals surface area contributed by atoms with Crippen molar-refractivity contribution in [1.29, 1.82) is 0 Å². The molecule has 0 spiro atoms. The molecule has 0 radical (unpaired) electrons. The minimum Gasteiger partial charge on any atom is -0.481 e. The maximum absolute atomic E-state index is 12.2. The predicted molar refractivity (Wildman–Crippen MR) is 77.1 cm³/mol. The van der Waals surface area contributed by atoms with Crippen LogP contribution in [0.4, 0.5) is 4.79 Å². The van der Waals surface area contributed by atoms with E-state index in [0.717, 1.165) is 18.7 Å². The first-order valence-electron chi connectivity index (χ1n) is 7.69. The largest absolute Gasteiger partial charge is 0.481 e. The number of aliphatic carboxylic acids is 1. The molecule has 8 nitrogen and oxygen atoms in total. The molecule has 1 aliphatic heterocycles. The Kier molecular flexibility index (Phi) is 4.00. The molecule has 0 bridgehead atoms. The van der Waals surface area contributed by atoms with Crippen molar-refractivity contribution in [3.05, 3.63) is 11.6 Å². The van der Waals surface area contributed by atoms with Crippen LogP contribution in [0.5, 0.6) is 0 Å². The van der Waals surface area contributed by atoms with Gasteiger partial charge >= 0.3 is 12.0 Å². The number of nitrogens with zero attached hydrogens (tertiary/aromatic N) is 3. The van der Waals surface area contributed by atoms with Gasteiger partial charge < -0.3 is 15.3 Å². The van der Waals surface area contributed by atoms with Gasteiger partial charge in [0, 0.05) is 19.0 Å². The normalized spacial score (nSPS) is 25.0. The molecule has 0 aromatic carbocycles. The number of carbonyl (C=O) groups excluding carboxylic acids is 1. The van der Waals surface area contributed by atoms with Gasteiger partial charge in [0.25, 0.3) is 0 Å². The summed E-state index contributed by atoms with van der Waals surface area (Å²) in [6, 6.07) is -0.248. The number of carboxylic acid groups (broad SMARTS) is 1. The number of carbonyl (C=O) groups is 2. The van der Waals surface area contributed by atoms with Crippen molar-refractivity contribution in [3.63, 3.8) is 0 Å². The fourth-order valence-corrected chi connectivity index (χ4v) is 2.88. The number of aromatic amines is 1. The minimum atomic E-state index is -0.839. The van der Waals surface area contributed by atoms with Crippen molar-refractivity contribution >= 4 is 12.0 Å². The van der Waals surface area contributed by atoms with E-state index in [1.54, 1.807) is 4.90 Å². The zero-order valence-corrected chi connectivity index (χ0v) is 12.6. The molecule has 2 aliphatic rings. The highest BCUT2D eigenvalue weighted by Crippen LogP contribution is 2.37. The summed E-state index contributed by atoms with van der Waals surface area (Å²) in [5, 5.41) is 18.9. The fraction of sp³-hybridized carbons (Fsp3) is 0.714. The average Bonchev–Trinajstić information content (AvgIpc) is 3.23. The SMILES string of the molecule is CC1CC(C(=O)O)CN(C(=O)NCc2nc(C3CC3)n[nH]2)C1. The van der Waals surface area contributed by atoms with E-state index in [1.165, 1.54) is 0 Å². The Balaban J connectivity index is 1.52. The Morgan fingerprint density at radius 1 is 1.41 bits per heavy atom. The zero-order chi connectivity index (χ0) is 15.7. The molecule has 3 rings (SSSR count). The number of rotatable bonds is 4. The molecule has 1 aliphatic carbocycles. The van der Waals surface area contributed by atoms with Crippen LogP contribution in [0.1, 0.15) is 43.8 Å². The zero-order valence-electron chi connectivity index (χ0n) is 12.6. The van der Waals surface area contributed by atoms with Gasteiger partial charge in [0.1, 0.15) is 5.82 Å². The van der Waals surface area contributed by atoms with E-state index >= 15 is 0 Å². The third-order valence-electron chi connectivity index (χ3n) is 4.19. The van der Waals surface area contributed by atoms with E-state index in [4.69, 9.17) is 5.11 Å². The van der Waals surface area contributed by atoms with Crippen LogP contribution in [0.15, 0.2) is 0 Å². The summed E-state index contributed by atoms with van der Waals surface area (Å²) >= 11 is 0. The Hall–Kier alpha value is -2.12. The van der Waals surface area contributed by atoms with Gasteiger partial charge in [-0.1, -0.05) is 6.92 Å². The second-order valence-electron chi connectivity index (χ2n) is 6.35. The van der Waals surface area contributed by atoms with E-state index < -0.39 is 11.9 Å². The van der Waals surface area contributed by atoms with Gasteiger partial charge in [0.15, 0.2) is 5.82 Å². The summed E-state index contributed by atoms with van der Waals surface area (Å²) < 4.78 is 0. The van der Waals surface area contributed by atoms with Crippen LogP contribution in [-0.2, 0) is 11.3 Å². The topological polar surface area (TPSA) is 111 Å². The maximum Gasteiger partial charge on any atom is 0.317 e. The summed E-state index contributed by atoms with van der Waals surface area (Å²) in [5.41, 5.74) is 0. The number of hydrogen-bond donors (Lipinski definition) is 3. The summed E-state index contributed by atoms with van der Waals surface area (Å²) in [7, 11) is 0. The monoisotopic (exact) mass is 307 g/mol. The first-order valence-corrected chi connectivity index (χ1v) is 7.69. The average molecular weight is 307 g/mol.